The van der Waals surface area contributed by atoms with Gasteiger partial charge < -0.3 is 0 Å². The first-order chi connectivity index (χ1) is 9.72. The van der Waals surface area contributed by atoms with Crippen LogP contribution in [0.15, 0.2) is 53.3 Å². The van der Waals surface area contributed by atoms with Crippen LogP contribution < -0.4 is 5.69 Å². The Balaban J connectivity index is 2.32. The zero-order valence-electron chi connectivity index (χ0n) is 10.6. The molecule has 0 aliphatic rings. The van der Waals surface area contributed by atoms with Crippen LogP contribution in [0.2, 0.25) is 0 Å². The smallest absolute Gasteiger partial charge is 0.290 e. The van der Waals surface area contributed by atoms with E-state index in [4.69, 9.17) is 11.6 Å². The van der Waals surface area contributed by atoms with E-state index >= 15 is 0 Å². The fraction of sp³-hybridized carbons (Fsp3) is 0.133. The molecule has 3 nitrogen and oxygen atoms in total. The summed E-state index contributed by atoms with van der Waals surface area (Å²) in [6.45, 7) is 0.440. The van der Waals surface area contributed by atoms with Gasteiger partial charge in [0.15, 0.2) is 0 Å². The zero-order chi connectivity index (χ0) is 14.1. The minimum atomic E-state index is -0.328. The third-order valence-electron chi connectivity index (χ3n) is 3.23. The molecule has 0 atom stereocenters. The molecule has 0 saturated heterocycles. The van der Waals surface area contributed by atoms with Crippen molar-refractivity contribution in [2.24, 2.45) is 0 Å². The van der Waals surface area contributed by atoms with E-state index in [9.17, 15) is 9.18 Å². The van der Waals surface area contributed by atoms with Crippen LogP contribution in [0.5, 0.6) is 0 Å². The number of rotatable bonds is 3. The Labute approximate surface area is 119 Å². The fourth-order valence-corrected chi connectivity index (χ4v) is 2.52. The maximum absolute atomic E-state index is 13.0. The number of imidazole rings is 1. The maximum Gasteiger partial charge on any atom is 0.333 e. The van der Waals surface area contributed by atoms with Crippen LogP contribution in [0, 0.1) is 5.82 Å². The molecule has 3 rings (SSSR count). The Morgan fingerprint density at radius 2 is 1.65 bits per heavy atom. The number of halogens is 2. The molecule has 5 heteroatoms. The van der Waals surface area contributed by atoms with Crippen LogP contribution in [0.25, 0.3) is 16.7 Å². The largest absolute Gasteiger partial charge is 0.333 e. The molecular formula is C15H12ClFN2O. The first-order valence-electron chi connectivity index (χ1n) is 6.24. The van der Waals surface area contributed by atoms with Crippen molar-refractivity contribution in [3.05, 3.63) is 64.8 Å². The number of hydrogen-bond acceptors (Lipinski definition) is 1. The van der Waals surface area contributed by atoms with Gasteiger partial charge >= 0.3 is 5.69 Å². The molecular weight excluding hydrogens is 279 g/mol. The van der Waals surface area contributed by atoms with Gasteiger partial charge in [-0.25, -0.2) is 9.18 Å². The van der Waals surface area contributed by atoms with Gasteiger partial charge in [0.05, 0.1) is 16.7 Å². The summed E-state index contributed by atoms with van der Waals surface area (Å²) in [6, 6.07) is 13.4. The van der Waals surface area contributed by atoms with Crippen LogP contribution >= 0.6 is 11.6 Å². The number of benzene rings is 2. The summed E-state index contributed by atoms with van der Waals surface area (Å²) in [6.07, 6.45) is 0. The van der Waals surface area contributed by atoms with Gasteiger partial charge in [-0.3, -0.25) is 9.13 Å². The first kappa shape index (κ1) is 12.9. The van der Waals surface area contributed by atoms with Gasteiger partial charge in [0, 0.05) is 12.4 Å². The zero-order valence-corrected chi connectivity index (χ0v) is 11.3. The van der Waals surface area contributed by atoms with Gasteiger partial charge in [-0.05, 0) is 36.4 Å². The van der Waals surface area contributed by atoms with Gasteiger partial charge in [-0.1, -0.05) is 12.1 Å². The predicted octanol–water partition coefficient (Wildman–Crippen LogP) is 3.17. The molecule has 3 aromatic rings. The summed E-state index contributed by atoms with van der Waals surface area (Å²) in [5.74, 6) is 0.0310. The Hall–Kier alpha value is -2.07. The molecule has 0 spiro atoms. The van der Waals surface area contributed by atoms with Gasteiger partial charge in [-0.2, -0.15) is 0 Å². The summed E-state index contributed by atoms with van der Waals surface area (Å²) < 4.78 is 16.2. The van der Waals surface area contributed by atoms with Crippen LogP contribution in [0.4, 0.5) is 4.39 Å². The van der Waals surface area contributed by atoms with Crippen molar-refractivity contribution in [1.82, 2.24) is 9.13 Å². The lowest BCUT2D eigenvalue weighted by Crippen LogP contribution is -2.23. The predicted molar refractivity (Wildman–Crippen MR) is 78.2 cm³/mol. The lowest BCUT2D eigenvalue weighted by atomic mass is 10.2. The SMILES string of the molecule is O=c1n(CCCl)c2ccccc2n1-c1ccc(F)cc1. The van der Waals surface area contributed by atoms with Crippen molar-refractivity contribution < 1.29 is 4.39 Å². The Kier molecular flexibility index (Phi) is 3.32. The molecule has 102 valence electrons. The van der Waals surface area contributed by atoms with E-state index in [-0.39, 0.29) is 11.5 Å². The molecule has 0 fully saturated rings. The first-order valence-corrected chi connectivity index (χ1v) is 6.78. The summed E-state index contributed by atoms with van der Waals surface area (Å²) in [7, 11) is 0. The Bertz CT molecular complexity index is 805. The second-order valence-corrected chi connectivity index (χ2v) is 4.80. The van der Waals surface area contributed by atoms with Crippen LogP contribution in [-0.4, -0.2) is 15.0 Å². The highest BCUT2D eigenvalue weighted by Crippen LogP contribution is 2.17. The Morgan fingerprint density at radius 1 is 1.00 bits per heavy atom. The molecule has 0 N–H and O–H groups in total. The molecule has 0 bridgehead atoms. The number of nitrogens with zero attached hydrogens (tertiary/aromatic N) is 2. The van der Waals surface area contributed by atoms with E-state index in [1.165, 1.54) is 12.1 Å². The summed E-state index contributed by atoms with van der Waals surface area (Å²) >= 11 is 5.77. The molecule has 1 heterocycles. The average Bonchev–Trinajstić information content (AvgIpc) is 2.74. The number of aromatic nitrogens is 2. The molecule has 0 saturated carbocycles. The molecule has 2 aromatic carbocycles. The average molecular weight is 291 g/mol. The monoisotopic (exact) mass is 290 g/mol. The highest BCUT2D eigenvalue weighted by Gasteiger charge is 2.13. The third kappa shape index (κ3) is 2.02. The minimum Gasteiger partial charge on any atom is -0.290 e. The quantitative estimate of drug-likeness (QED) is 0.681. The number of alkyl halides is 1. The van der Waals surface area contributed by atoms with E-state index in [1.54, 1.807) is 21.3 Å². The fourth-order valence-electron chi connectivity index (χ4n) is 2.35. The molecule has 0 amide bonds. The molecule has 20 heavy (non-hydrogen) atoms. The lowest BCUT2D eigenvalue weighted by Gasteiger charge is -2.02. The number of hydrogen-bond donors (Lipinski definition) is 0. The van der Waals surface area contributed by atoms with E-state index in [1.807, 2.05) is 24.3 Å². The minimum absolute atomic E-state index is 0.168. The third-order valence-corrected chi connectivity index (χ3v) is 3.40. The number of para-hydroxylation sites is 2. The summed E-state index contributed by atoms with van der Waals surface area (Å²) in [4.78, 5) is 12.5. The highest BCUT2D eigenvalue weighted by atomic mass is 35.5. The van der Waals surface area contributed by atoms with Gasteiger partial charge in [0.1, 0.15) is 5.82 Å². The van der Waals surface area contributed by atoms with Crippen molar-refractivity contribution in [3.63, 3.8) is 0 Å². The molecule has 1 aromatic heterocycles. The van der Waals surface area contributed by atoms with Crippen molar-refractivity contribution in [1.29, 1.82) is 0 Å². The van der Waals surface area contributed by atoms with Crippen LogP contribution in [-0.2, 0) is 6.54 Å². The van der Waals surface area contributed by atoms with E-state index in [2.05, 4.69) is 0 Å². The van der Waals surface area contributed by atoms with Gasteiger partial charge in [0.2, 0.25) is 0 Å². The standard InChI is InChI=1S/C15H12ClFN2O/c16-9-10-18-13-3-1-2-4-14(13)19(15(18)20)12-7-5-11(17)6-8-12/h1-8H,9-10H2. The second-order valence-electron chi connectivity index (χ2n) is 4.42. The molecule has 0 radical (unpaired) electrons. The van der Waals surface area contributed by atoms with Crippen molar-refractivity contribution in [2.45, 2.75) is 6.54 Å². The van der Waals surface area contributed by atoms with Crippen LogP contribution in [0.1, 0.15) is 0 Å². The van der Waals surface area contributed by atoms with Crippen molar-refractivity contribution >= 4 is 22.6 Å². The van der Waals surface area contributed by atoms with E-state index in [0.29, 0.717) is 18.1 Å². The normalized spacial score (nSPS) is 11.1. The lowest BCUT2D eigenvalue weighted by molar-refractivity contribution is 0.627. The van der Waals surface area contributed by atoms with Gasteiger partial charge in [-0.15, -0.1) is 11.6 Å². The molecule has 0 aliphatic heterocycles. The number of fused-ring (bicyclic) bond motifs is 1. The number of aryl methyl sites for hydroxylation is 1. The molecule has 0 unspecified atom stereocenters. The topological polar surface area (TPSA) is 26.9 Å². The second kappa shape index (κ2) is 5.13. The maximum atomic E-state index is 13.0. The Morgan fingerprint density at radius 3 is 2.30 bits per heavy atom. The molecule has 0 aliphatic carbocycles. The summed E-state index contributed by atoms with van der Waals surface area (Å²) in [5, 5.41) is 0. The van der Waals surface area contributed by atoms with Gasteiger partial charge in [0.25, 0.3) is 0 Å². The van der Waals surface area contributed by atoms with Crippen LogP contribution in [0.3, 0.4) is 0 Å². The summed E-state index contributed by atoms with van der Waals surface area (Å²) in [5.41, 5.74) is 2.08. The van der Waals surface area contributed by atoms with E-state index in [0.717, 1.165) is 11.0 Å². The highest BCUT2D eigenvalue weighted by molar-refractivity contribution is 6.17. The van der Waals surface area contributed by atoms with E-state index < -0.39 is 0 Å². The van der Waals surface area contributed by atoms with Crippen molar-refractivity contribution in [2.75, 3.05) is 5.88 Å². The van der Waals surface area contributed by atoms with Crippen molar-refractivity contribution in [3.8, 4) is 5.69 Å².